The second-order valence-electron chi connectivity index (χ2n) is 7.20. The quantitative estimate of drug-likeness (QED) is 0.800. The molecule has 5 heteroatoms. The number of hydrogen-bond acceptors (Lipinski definition) is 3. The van der Waals surface area contributed by atoms with Gasteiger partial charge in [-0.2, -0.15) is 0 Å². The van der Waals surface area contributed by atoms with Crippen molar-refractivity contribution in [2.75, 3.05) is 6.61 Å². The highest BCUT2D eigenvalue weighted by atomic mass is 16.5. The molecule has 0 heterocycles. The van der Waals surface area contributed by atoms with Crippen LogP contribution in [-0.2, 0) is 28.9 Å². The molecule has 0 saturated carbocycles. The Hall–Kier alpha value is -2.82. The Morgan fingerprint density at radius 2 is 1.56 bits per heavy atom. The molecular weight excluding hydrogens is 340 g/mol. The van der Waals surface area contributed by atoms with Gasteiger partial charge in [-0.15, -0.1) is 0 Å². The molecule has 1 aliphatic rings. The molecule has 0 aromatic heterocycles. The van der Waals surface area contributed by atoms with Gasteiger partial charge in [0.05, 0.1) is 6.42 Å². The Kier molecular flexibility index (Phi) is 6.12. The van der Waals surface area contributed by atoms with E-state index in [1.54, 1.807) is 0 Å². The Morgan fingerprint density at radius 3 is 2.30 bits per heavy atom. The van der Waals surface area contributed by atoms with Gasteiger partial charge in [-0.05, 0) is 79.5 Å². The second-order valence-corrected chi connectivity index (χ2v) is 7.20. The van der Waals surface area contributed by atoms with Crippen LogP contribution in [0.15, 0.2) is 36.4 Å². The zero-order valence-electron chi connectivity index (χ0n) is 15.9. The van der Waals surface area contributed by atoms with Crippen LogP contribution in [0.1, 0.15) is 40.7 Å². The molecular formula is C22H26N2O3. The maximum atomic E-state index is 12.1. The topological polar surface area (TPSA) is 67.4 Å². The molecule has 0 radical (unpaired) electrons. The number of carbonyl (C=O) groups is 2. The van der Waals surface area contributed by atoms with Crippen LogP contribution in [0, 0.1) is 13.8 Å². The SMILES string of the molecule is Cc1cc(C)cc(OCC(=O)NNC(=O)Cc2ccc3c(c2)CCCC3)c1. The van der Waals surface area contributed by atoms with E-state index in [-0.39, 0.29) is 18.9 Å². The van der Waals surface area contributed by atoms with Crippen LogP contribution in [0.25, 0.3) is 0 Å². The van der Waals surface area contributed by atoms with E-state index in [0.717, 1.165) is 29.5 Å². The maximum absolute atomic E-state index is 12.1. The lowest BCUT2D eigenvalue weighted by Gasteiger charge is -2.16. The van der Waals surface area contributed by atoms with Crippen molar-refractivity contribution in [2.24, 2.45) is 0 Å². The fourth-order valence-corrected chi connectivity index (χ4v) is 3.47. The number of hydrogen-bond donors (Lipinski definition) is 2. The molecule has 5 nitrogen and oxygen atoms in total. The molecule has 0 fully saturated rings. The summed E-state index contributed by atoms with van der Waals surface area (Å²) in [6.07, 6.45) is 4.89. The van der Waals surface area contributed by atoms with Crippen molar-refractivity contribution in [1.82, 2.24) is 10.9 Å². The van der Waals surface area contributed by atoms with Gasteiger partial charge < -0.3 is 4.74 Å². The van der Waals surface area contributed by atoms with Crippen molar-refractivity contribution in [3.8, 4) is 5.75 Å². The van der Waals surface area contributed by atoms with E-state index in [4.69, 9.17) is 4.74 Å². The molecule has 27 heavy (non-hydrogen) atoms. The first kappa shape index (κ1) is 19.0. The lowest BCUT2D eigenvalue weighted by molar-refractivity contribution is -0.129. The zero-order valence-corrected chi connectivity index (χ0v) is 15.9. The number of hydrazine groups is 1. The average Bonchev–Trinajstić information content (AvgIpc) is 2.64. The minimum atomic E-state index is -0.395. The highest BCUT2D eigenvalue weighted by molar-refractivity contribution is 5.83. The van der Waals surface area contributed by atoms with Gasteiger partial charge in [0.15, 0.2) is 6.61 Å². The number of carbonyl (C=O) groups excluding carboxylic acids is 2. The third kappa shape index (κ3) is 5.58. The number of nitrogens with one attached hydrogen (secondary N) is 2. The fraction of sp³-hybridized carbons (Fsp3) is 0.364. The first-order chi connectivity index (χ1) is 13.0. The number of aryl methyl sites for hydroxylation is 4. The van der Waals surface area contributed by atoms with Crippen LogP contribution in [0.3, 0.4) is 0 Å². The number of amides is 2. The van der Waals surface area contributed by atoms with Crippen LogP contribution in [0.2, 0.25) is 0 Å². The molecule has 142 valence electrons. The summed E-state index contributed by atoms with van der Waals surface area (Å²) in [7, 11) is 0. The summed E-state index contributed by atoms with van der Waals surface area (Å²) in [5.41, 5.74) is 10.7. The second kappa shape index (κ2) is 8.71. The maximum Gasteiger partial charge on any atom is 0.276 e. The van der Waals surface area contributed by atoms with Gasteiger partial charge in [0.1, 0.15) is 5.75 Å². The summed E-state index contributed by atoms with van der Waals surface area (Å²) in [5.74, 6) is 0.00138. The van der Waals surface area contributed by atoms with Gasteiger partial charge in [-0.3, -0.25) is 20.4 Å². The van der Waals surface area contributed by atoms with Crippen LogP contribution >= 0.6 is 0 Å². The van der Waals surface area contributed by atoms with Crippen LogP contribution < -0.4 is 15.6 Å². The minimum absolute atomic E-state index is 0.151. The normalized spacial score (nSPS) is 12.8. The summed E-state index contributed by atoms with van der Waals surface area (Å²) in [6, 6.07) is 12.0. The van der Waals surface area contributed by atoms with Crippen molar-refractivity contribution in [3.63, 3.8) is 0 Å². The number of benzene rings is 2. The van der Waals surface area contributed by atoms with Crippen molar-refractivity contribution in [1.29, 1.82) is 0 Å². The van der Waals surface area contributed by atoms with Gasteiger partial charge in [0, 0.05) is 0 Å². The van der Waals surface area contributed by atoms with Crippen molar-refractivity contribution < 1.29 is 14.3 Å². The van der Waals surface area contributed by atoms with E-state index in [0.29, 0.717) is 5.75 Å². The zero-order chi connectivity index (χ0) is 19.2. The van der Waals surface area contributed by atoms with E-state index in [1.165, 1.54) is 24.0 Å². The third-order valence-electron chi connectivity index (χ3n) is 4.68. The van der Waals surface area contributed by atoms with E-state index in [1.807, 2.05) is 38.1 Å². The molecule has 2 N–H and O–H groups in total. The van der Waals surface area contributed by atoms with Gasteiger partial charge >= 0.3 is 0 Å². The summed E-state index contributed by atoms with van der Waals surface area (Å²) in [4.78, 5) is 24.0. The van der Waals surface area contributed by atoms with Gasteiger partial charge in [0.25, 0.3) is 5.91 Å². The summed E-state index contributed by atoms with van der Waals surface area (Å²) in [5, 5.41) is 0. The molecule has 2 aromatic rings. The Labute approximate surface area is 160 Å². The van der Waals surface area contributed by atoms with Gasteiger partial charge in [-0.1, -0.05) is 24.3 Å². The van der Waals surface area contributed by atoms with Crippen molar-refractivity contribution in [3.05, 3.63) is 64.2 Å². The smallest absolute Gasteiger partial charge is 0.276 e. The van der Waals surface area contributed by atoms with E-state index < -0.39 is 5.91 Å². The number of rotatable bonds is 5. The predicted molar refractivity (Wildman–Crippen MR) is 104 cm³/mol. The average molecular weight is 366 g/mol. The number of fused-ring (bicyclic) bond motifs is 1. The van der Waals surface area contributed by atoms with Crippen molar-refractivity contribution in [2.45, 2.75) is 46.0 Å². The van der Waals surface area contributed by atoms with Gasteiger partial charge in [0.2, 0.25) is 5.91 Å². The molecule has 0 atom stereocenters. The standard InChI is InChI=1S/C22H26N2O3/c1-15-9-16(2)11-20(10-15)27-14-22(26)24-23-21(25)13-17-7-8-18-5-3-4-6-19(18)12-17/h7-12H,3-6,13-14H2,1-2H3,(H,23,25)(H,24,26). The third-order valence-corrected chi connectivity index (χ3v) is 4.68. The van der Waals surface area contributed by atoms with Gasteiger partial charge in [-0.25, -0.2) is 0 Å². The number of ether oxygens (including phenoxy) is 1. The van der Waals surface area contributed by atoms with Crippen LogP contribution in [0.5, 0.6) is 5.75 Å². The molecule has 0 unspecified atom stereocenters. The first-order valence-electron chi connectivity index (χ1n) is 9.39. The lowest BCUT2D eigenvalue weighted by atomic mass is 9.90. The first-order valence-corrected chi connectivity index (χ1v) is 9.39. The fourth-order valence-electron chi connectivity index (χ4n) is 3.47. The van der Waals surface area contributed by atoms with Crippen molar-refractivity contribution >= 4 is 11.8 Å². The highest BCUT2D eigenvalue weighted by Gasteiger charge is 2.12. The minimum Gasteiger partial charge on any atom is -0.484 e. The molecule has 2 amide bonds. The Balaban J connectivity index is 1.44. The molecule has 0 spiro atoms. The summed E-state index contributed by atoms with van der Waals surface area (Å²) < 4.78 is 5.48. The molecule has 2 aromatic carbocycles. The van der Waals surface area contributed by atoms with Crippen LogP contribution in [0.4, 0.5) is 0 Å². The largest absolute Gasteiger partial charge is 0.484 e. The Morgan fingerprint density at radius 1 is 0.889 bits per heavy atom. The molecule has 0 aliphatic heterocycles. The molecule has 1 aliphatic carbocycles. The molecule has 3 rings (SSSR count). The van der Waals surface area contributed by atoms with E-state index >= 15 is 0 Å². The Bertz CT molecular complexity index is 825. The monoisotopic (exact) mass is 366 g/mol. The summed E-state index contributed by atoms with van der Waals surface area (Å²) >= 11 is 0. The predicted octanol–water partition coefficient (Wildman–Crippen LogP) is 2.95. The van der Waals surface area contributed by atoms with Crippen LogP contribution in [-0.4, -0.2) is 18.4 Å². The molecule has 0 saturated heterocycles. The lowest BCUT2D eigenvalue weighted by Crippen LogP contribution is -2.44. The van der Waals surface area contributed by atoms with E-state index in [2.05, 4.69) is 23.0 Å². The van der Waals surface area contributed by atoms with E-state index in [9.17, 15) is 9.59 Å². The highest BCUT2D eigenvalue weighted by Crippen LogP contribution is 2.22. The summed E-state index contributed by atoms with van der Waals surface area (Å²) in [6.45, 7) is 3.80. The molecule has 0 bridgehead atoms.